The van der Waals surface area contributed by atoms with Crippen LogP contribution in [0.1, 0.15) is 31.0 Å². The standard InChI is InChI=1S/C19H21N5O2/c1-2-19(25)23-10-14-5-7-21-12-18(14)26-17-6-8-24(13-17)16-4-3-15(9-20)22-11-16/h3-5,7,11-12,17H,2,6,8,10,13H2,1H3,(H,23,25)/t17-/m0/s1. The summed E-state index contributed by atoms with van der Waals surface area (Å²) in [6.45, 7) is 3.86. The second kappa shape index (κ2) is 8.30. The number of rotatable bonds is 6. The van der Waals surface area contributed by atoms with Gasteiger partial charge in [-0.25, -0.2) is 4.98 Å². The summed E-state index contributed by atoms with van der Waals surface area (Å²) in [4.78, 5) is 21.9. The Balaban J connectivity index is 1.61. The van der Waals surface area contributed by atoms with E-state index in [0.717, 1.165) is 30.8 Å². The molecule has 1 aliphatic rings. The SMILES string of the molecule is CCC(=O)NCc1ccncc1O[C@H]1CCN(c2ccc(C#N)nc2)C1. The number of hydrogen-bond acceptors (Lipinski definition) is 6. The number of amides is 1. The van der Waals surface area contributed by atoms with Crippen LogP contribution in [0.3, 0.4) is 0 Å². The van der Waals surface area contributed by atoms with Crippen molar-refractivity contribution in [2.75, 3.05) is 18.0 Å². The molecule has 0 unspecified atom stereocenters. The summed E-state index contributed by atoms with van der Waals surface area (Å²) in [7, 11) is 0. The first-order valence-electron chi connectivity index (χ1n) is 8.67. The molecule has 7 nitrogen and oxygen atoms in total. The average molecular weight is 351 g/mol. The first-order chi connectivity index (χ1) is 12.7. The van der Waals surface area contributed by atoms with Gasteiger partial charge in [0.25, 0.3) is 0 Å². The maximum absolute atomic E-state index is 11.5. The second-order valence-corrected chi connectivity index (χ2v) is 6.10. The monoisotopic (exact) mass is 351 g/mol. The van der Waals surface area contributed by atoms with E-state index in [0.29, 0.717) is 24.4 Å². The van der Waals surface area contributed by atoms with Crippen molar-refractivity contribution < 1.29 is 9.53 Å². The summed E-state index contributed by atoms with van der Waals surface area (Å²) in [5.74, 6) is 0.710. The van der Waals surface area contributed by atoms with Crippen molar-refractivity contribution >= 4 is 11.6 Å². The Morgan fingerprint density at radius 2 is 2.31 bits per heavy atom. The highest BCUT2D eigenvalue weighted by molar-refractivity contribution is 5.75. The van der Waals surface area contributed by atoms with Crippen molar-refractivity contribution in [3.8, 4) is 11.8 Å². The van der Waals surface area contributed by atoms with E-state index in [2.05, 4.69) is 20.2 Å². The Bertz CT molecular complexity index is 800. The maximum Gasteiger partial charge on any atom is 0.219 e. The van der Waals surface area contributed by atoms with E-state index in [1.54, 1.807) is 24.7 Å². The Morgan fingerprint density at radius 1 is 1.42 bits per heavy atom. The van der Waals surface area contributed by atoms with Crippen LogP contribution >= 0.6 is 0 Å². The zero-order valence-corrected chi connectivity index (χ0v) is 14.7. The average Bonchev–Trinajstić information content (AvgIpc) is 3.15. The zero-order valence-electron chi connectivity index (χ0n) is 14.7. The molecule has 0 aromatic carbocycles. The van der Waals surface area contributed by atoms with Gasteiger partial charge in [-0.15, -0.1) is 0 Å². The van der Waals surface area contributed by atoms with Gasteiger partial charge in [0.05, 0.1) is 24.6 Å². The molecule has 0 bridgehead atoms. The lowest BCUT2D eigenvalue weighted by Crippen LogP contribution is -2.26. The van der Waals surface area contributed by atoms with E-state index in [1.807, 2.05) is 25.1 Å². The van der Waals surface area contributed by atoms with Crippen molar-refractivity contribution in [1.82, 2.24) is 15.3 Å². The molecule has 1 saturated heterocycles. The van der Waals surface area contributed by atoms with Crippen LogP contribution in [0.5, 0.6) is 5.75 Å². The molecule has 2 aromatic rings. The molecular weight excluding hydrogens is 330 g/mol. The smallest absolute Gasteiger partial charge is 0.219 e. The number of ether oxygens (including phenoxy) is 1. The van der Waals surface area contributed by atoms with Crippen molar-refractivity contribution in [2.24, 2.45) is 0 Å². The molecule has 2 aromatic heterocycles. The number of anilines is 1. The lowest BCUT2D eigenvalue weighted by atomic mass is 10.2. The van der Waals surface area contributed by atoms with Gasteiger partial charge in [0, 0.05) is 37.7 Å². The Labute approximate surface area is 152 Å². The third kappa shape index (κ3) is 4.28. The molecule has 0 saturated carbocycles. The Kier molecular flexibility index (Phi) is 5.64. The predicted octanol–water partition coefficient (Wildman–Crippen LogP) is 2.03. The number of nitriles is 1. The van der Waals surface area contributed by atoms with Gasteiger partial charge in [0.2, 0.25) is 5.91 Å². The Hall–Kier alpha value is -3.14. The summed E-state index contributed by atoms with van der Waals surface area (Å²) < 4.78 is 6.14. The van der Waals surface area contributed by atoms with E-state index in [-0.39, 0.29) is 12.0 Å². The Morgan fingerprint density at radius 3 is 3.04 bits per heavy atom. The predicted molar refractivity (Wildman–Crippen MR) is 96.6 cm³/mol. The molecule has 26 heavy (non-hydrogen) atoms. The van der Waals surface area contributed by atoms with Crippen LogP contribution in [0.4, 0.5) is 5.69 Å². The van der Waals surface area contributed by atoms with Crippen molar-refractivity contribution in [2.45, 2.75) is 32.4 Å². The summed E-state index contributed by atoms with van der Waals surface area (Å²) >= 11 is 0. The molecule has 1 atom stereocenters. The van der Waals surface area contributed by atoms with Gasteiger partial charge in [-0.2, -0.15) is 5.26 Å². The second-order valence-electron chi connectivity index (χ2n) is 6.10. The van der Waals surface area contributed by atoms with E-state index >= 15 is 0 Å². The fourth-order valence-corrected chi connectivity index (χ4v) is 2.86. The minimum Gasteiger partial charge on any atom is -0.487 e. The molecule has 0 radical (unpaired) electrons. The lowest BCUT2D eigenvalue weighted by Gasteiger charge is -2.19. The van der Waals surface area contributed by atoms with Crippen LogP contribution in [-0.4, -0.2) is 35.1 Å². The fraction of sp³-hybridized carbons (Fsp3) is 0.368. The number of aromatic nitrogens is 2. The van der Waals surface area contributed by atoms with Crippen LogP contribution in [-0.2, 0) is 11.3 Å². The molecule has 1 N–H and O–H groups in total. The third-order valence-corrected chi connectivity index (χ3v) is 4.33. The summed E-state index contributed by atoms with van der Waals surface area (Å²) in [6, 6.07) is 7.52. The number of nitrogens with zero attached hydrogens (tertiary/aromatic N) is 4. The van der Waals surface area contributed by atoms with Crippen LogP contribution in [0, 0.1) is 11.3 Å². The summed E-state index contributed by atoms with van der Waals surface area (Å²) in [6.07, 6.45) is 6.49. The number of pyridine rings is 2. The topological polar surface area (TPSA) is 91.1 Å². The van der Waals surface area contributed by atoms with E-state index in [9.17, 15) is 4.79 Å². The number of hydrogen-bond donors (Lipinski definition) is 1. The highest BCUT2D eigenvalue weighted by Crippen LogP contribution is 2.25. The van der Waals surface area contributed by atoms with Crippen LogP contribution in [0.25, 0.3) is 0 Å². The molecule has 3 rings (SSSR count). The van der Waals surface area contributed by atoms with Crippen molar-refractivity contribution in [1.29, 1.82) is 5.26 Å². The third-order valence-electron chi connectivity index (χ3n) is 4.33. The maximum atomic E-state index is 11.5. The number of nitrogens with one attached hydrogen (secondary N) is 1. The first kappa shape index (κ1) is 17.7. The van der Waals surface area contributed by atoms with E-state index < -0.39 is 0 Å². The van der Waals surface area contributed by atoms with Gasteiger partial charge in [0.1, 0.15) is 23.6 Å². The quantitative estimate of drug-likeness (QED) is 0.856. The van der Waals surface area contributed by atoms with E-state index in [4.69, 9.17) is 10.00 Å². The number of carbonyl (C=O) groups is 1. The van der Waals surface area contributed by atoms with Crippen LogP contribution in [0.15, 0.2) is 36.8 Å². The molecule has 7 heteroatoms. The zero-order chi connectivity index (χ0) is 18.4. The van der Waals surface area contributed by atoms with Gasteiger partial charge >= 0.3 is 0 Å². The van der Waals surface area contributed by atoms with Crippen LogP contribution in [0.2, 0.25) is 0 Å². The molecule has 1 fully saturated rings. The van der Waals surface area contributed by atoms with Gasteiger partial charge in [-0.05, 0) is 18.2 Å². The molecule has 3 heterocycles. The highest BCUT2D eigenvalue weighted by atomic mass is 16.5. The van der Waals surface area contributed by atoms with Gasteiger partial charge in [-0.1, -0.05) is 6.92 Å². The lowest BCUT2D eigenvalue weighted by molar-refractivity contribution is -0.120. The minimum absolute atomic E-state index is 0.00752. The molecule has 0 aliphatic carbocycles. The van der Waals surface area contributed by atoms with Gasteiger partial charge in [0.15, 0.2) is 0 Å². The molecule has 1 amide bonds. The summed E-state index contributed by atoms with van der Waals surface area (Å²) in [5.41, 5.74) is 2.31. The molecule has 1 aliphatic heterocycles. The number of carbonyl (C=O) groups excluding carboxylic acids is 1. The fourth-order valence-electron chi connectivity index (χ4n) is 2.86. The summed E-state index contributed by atoms with van der Waals surface area (Å²) in [5, 5.41) is 11.7. The molecular formula is C19H21N5O2. The molecule has 0 spiro atoms. The van der Waals surface area contributed by atoms with Crippen molar-refractivity contribution in [3.05, 3.63) is 48.0 Å². The first-order valence-corrected chi connectivity index (χ1v) is 8.67. The largest absolute Gasteiger partial charge is 0.487 e. The molecule has 134 valence electrons. The van der Waals surface area contributed by atoms with Crippen molar-refractivity contribution in [3.63, 3.8) is 0 Å². The van der Waals surface area contributed by atoms with Gasteiger partial charge < -0.3 is 15.0 Å². The highest BCUT2D eigenvalue weighted by Gasteiger charge is 2.25. The minimum atomic E-state index is 0.00752. The normalized spacial score (nSPS) is 16.2. The van der Waals surface area contributed by atoms with E-state index in [1.165, 1.54) is 0 Å². The van der Waals surface area contributed by atoms with Crippen LogP contribution < -0.4 is 15.0 Å². The van der Waals surface area contributed by atoms with Gasteiger partial charge in [-0.3, -0.25) is 9.78 Å².